The number of allylic oxidation sites excluding steroid dienone is 3. The molecule has 0 N–H and O–H groups in total. The number of hydrogen-bond acceptors (Lipinski definition) is 4. The Hall–Kier alpha value is -1.99. The van der Waals surface area contributed by atoms with Gasteiger partial charge in [-0.1, -0.05) is 0 Å². The van der Waals surface area contributed by atoms with Crippen LogP contribution in [0.3, 0.4) is 0 Å². The maximum Gasteiger partial charge on any atom is 0.222 e. The van der Waals surface area contributed by atoms with E-state index in [0.29, 0.717) is 17.7 Å². The minimum absolute atomic E-state index is 0.138. The van der Waals surface area contributed by atoms with E-state index in [1.54, 1.807) is 24.6 Å². The van der Waals surface area contributed by atoms with Crippen molar-refractivity contribution >= 4 is 23.4 Å². The summed E-state index contributed by atoms with van der Waals surface area (Å²) in [7, 11) is 0. The molecule has 1 aliphatic rings. The van der Waals surface area contributed by atoms with Gasteiger partial charge in [0, 0.05) is 25.0 Å². The molecule has 0 bridgehead atoms. The summed E-state index contributed by atoms with van der Waals surface area (Å²) in [6.45, 7) is 0. The Balaban J connectivity index is 2.49. The summed E-state index contributed by atoms with van der Waals surface area (Å²) in [5.41, 5.74) is 1.93. The summed E-state index contributed by atoms with van der Waals surface area (Å²) in [5.74, 6) is 0. The number of halogens is 1. The van der Waals surface area contributed by atoms with Crippen LogP contribution in [0, 0.1) is 11.3 Å². The maximum atomic E-state index is 9.13. The van der Waals surface area contributed by atoms with Crippen molar-refractivity contribution in [1.29, 1.82) is 5.26 Å². The van der Waals surface area contributed by atoms with Crippen molar-refractivity contribution in [2.45, 2.75) is 6.42 Å². The van der Waals surface area contributed by atoms with Gasteiger partial charge in [-0.25, -0.2) is 9.97 Å². The smallest absolute Gasteiger partial charge is 0.222 e. The molecule has 4 nitrogen and oxygen atoms in total. The third-order valence-corrected chi connectivity index (χ3v) is 2.28. The van der Waals surface area contributed by atoms with Gasteiger partial charge in [-0.2, -0.15) is 5.26 Å². The third-order valence-electron chi connectivity index (χ3n) is 2.09. The Morgan fingerprint density at radius 3 is 3.00 bits per heavy atom. The van der Waals surface area contributed by atoms with Gasteiger partial charge in [-0.05, 0) is 29.3 Å². The first-order valence-corrected chi connectivity index (χ1v) is 4.99. The monoisotopic (exact) mass is 230 g/mol. The van der Waals surface area contributed by atoms with Crippen molar-refractivity contribution in [2.75, 3.05) is 0 Å². The van der Waals surface area contributed by atoms with Crippen LogP contribution in [0.2, 0.25) is 5.28 Å². The van der Waals surface area contributed by atoms with Crippen LogP contribution in [0.5, 0.6) is 0 Å². The molecule has 78 valence electrons. The Morgan fingerprint density at radius 1 is 1.50 bits per heavy atom. The fourth-order valence-electron chi connectivity index (χ4n) is 1.37. The first-order chi connectivity index (χ1) is 7.81. The van der Waals surface area contributed by atoms with Crippen LogP contribution in [-0.2, 0) is 0 Å². The first kappa shape index (κ1) is 10.5. The second-order valence-electron chi connectivity index (χ2n) is 3.07. The minimum atomic E-state index is 0.138. The molecule has 0 unspecified atom stereocenters. The van der Waals surface area contributed by atoms with Crippen molar-refractivity contribution in [3.8, 4) is 6.07 Å². The third kappa shape index (κ3) is 2.15. The fraction of sp³-hybridized carbons (Fsp3) is 0.0909. The highest BCUT2D eigenvalue weighted by atomic mass is 35.5. The number of rotatable bonds is 1. The van der Waals surface area contributed by atoms with E-state index in [-0.39, 0.29) is 5.28 Å². The van der Waals surface area contributed by atoms with Gasteiger partial charge in [0.25, 0.3) is 0 Å². The van der Waals surface area contributed by atoms with Crippen LogP contribution in [0.4, 0.5) is 0 Å². The number of nitriles is 1. The van der Waals surface area contributed by atoms with E-state index in [1.807, 2.05) is 0 Å². The molecule has 2 rings (SSSR count). The molecule has 1 aromatic heterocycles. The lowest BCUT2D eigenvalue weighted by Gasteiger charge is -2.05. The largest absolute Gasteiger partial charge is 0.269 e. The molecule has 0 amide bonds. The molecular formula is C11H7ClN4. The van der Waals surface area contributed by atoms with Crippen LogP contribution in [-0.4, -0.2) is 16.2 Å². The quantitative estimate of drug-likeness (QED) is 0.550. The van der Waals surface area contributed by atoms with Gasteiger partial charge < -0.3 is 0 Å². The predicted molar refractivity (Wildman–Crippen MR) is 61.8 cm³/mol. The average Bonchev–Trinajstić information content (AvgIpc) is 2.31. The van der Waals surface area contributed by atoms with Crippen molar-refractivity contribution in [1.82, 2.24) is 9.97 Å². The number of hydrogen-bond donors (Lipinski definition) is 0. The number of aliphatic imine (C=N–C) groups is 1. The minimum Gasteiger partial charge on any atom is -0.269 e. The van der Waals surface area contributed by atoms with Gasteiger partial charge in [0.15, 0.2) is 0 Å². The second-order valence-corrected chi connectivity index (χ2v) is 3.41. The van der Waals surface area contributed by atoms with Crippen molar-refractivity contribution in [3.05, 3.63) is 41.1 Å². The highest BCUT2D eigenvalue weighted by Gasteiger charge is 2.09. The molecular weight excluding hydrogens is 224 g/mol. The van der Waals surface area contributed by atoms with E-state index in [4.69, 9.17) is 16.9 Å². The first-order valence-electron chi connectivity index (χ1n) is 4.61. The van der Waals surface area contributed by atoms with Crippen LogP contribution >= 0.6 is 11.6 Å². The maximum absolute atomic E-state index is 9.13. The van der Waals surface area contributed by atoms with E-state index < -0.39 is 0 Å². The standard InChI is InChI=1S/C11H7ClN4/c12-11-15-6-3-10(16-11)9(7-13)8-1-4-14-5-2-8/h1,3-6H,2H2. The lowest BCUT2D eigenvalue weighted by atomic mass is 10.0. The zero-order chi connectivity index (χ0) is 11.4. The van der Waals surface area contributed by atoms with Crippen LogP contribution in [0.1, 0.15) is 12.1 Å². The summed E-state index contributed by atoms with van der Waals surface area (Å²) in [6.07, 6.45) is 7.35. The number of nitrogens with zero attached hydrogens (tertiary/aromatic N) is 4. The summed E-state index contributed by atoms with van der Waals surface area (Å²) in [5, 5.41) is 9.27. The van der Waals surface area contributed by atoms with Gasteiger partial charge in [0.1, 0.15) is 6.07 Å². The predicted octanol–water partition coefficient (Wildman–Crippen LogP) is 2.40. The second kappa shape index (κ2) is 4.69. The lowest BCUT2D eigenvalue weighted by Crippen LogP contribution is -1.96. The SMILES string of the molecule is N#CC(=C1C=CN=CC1)c1ccnc(Cl)n1. The molecule has 1 aliphatic heterocycles. The van der Waals surface area contributed by atoms with Gasteiger partial charge in [-0.3, -0.25) is 4.99 Å². The Bertz CT molecular complexity index is 537. The molecule has 0 saturated carbocycles. The Kier molecular flexibility index (Phi) is 3.08. The molecule has 1 aromatic rings. The summed E-state index contributed by atoms with van der Waals surface area (Å²) < 4.78 is 0. The molecule has 0 atom stereocenters. The van der Waals surface area contributed by atoms with Crippen LogP contribution in [0.15, 0.2) is 35.1 Å². The zero-order valence-corrected chi connectivity index (χ0v) is 9.02. The topological polar surface area (TPSA) is 61.9 Å². The lowest BCUT2D eigenvalue weighted by molar-refractivity contribution is 1.14. The summed E-state index contributed by atoms with van der Waals surface area (Å²) in [4.78, 5) is 11.7. The molecule has 16 heavy (non-hydrogen) atoms. The van der Waals surface area contributed by atoms with Gasteiger partial charge >= 0.3 is 0 Å². The van der Waals surface area contributed by atoms with E-state index in [2.05, 4.69) is 21.0 Å². The molecule has 0 fully saturated rings. The van der Waals surface area contributed by atoms with E-state index in [9.17, 15) is 0 Å². The van der Waals surface area contributed by atoms with Crippen LogP contribution in [0.25, 0.3) is 5.57 Å². The molecule has 0 aromatic carbocycles. The average molecular weight is 231 g/mol. The van der Waals surface area contributed by atoms with E-state index in [0.717, 1.165) is 5.57 Å². The van der Waals surface area contributed by atoms with Crippen LogP contribution < -0.4 is 0 Å². The highest BCUT2D eigenvalue weighted by Crippen LogP contribution is 2.21. The summed E-state index contributed by atoms with van der Waals surface area (Å²) >= 11 is 5.69. The van der Waals surface area contributed by atoms with Crippen molar-refractivity contribution in [2.24, 2.45) is 4.99 Å². The Labute approximate surface area is 97.6 Å². The number of aromatic nitrogens is 2. The molecule has 0 spiro atoms. The molecule has 5 heteroatoms. The van der Waals surface area contributed by atoms with Gasteiger partial charge in [0.05, 0.1) is 11.3 Å². The fourth-order valence-corrected chi connectivity index (χ4v) is 1.51. The Morgan fingerprint density at radius 2 is 2.38 bits per heavy atom. The zero-order valence-electron chi connectivity index (χ0n) is 8.26. The molecule has 0 saturated heterocycles. The molecule has 0 radical (unpaired) electrons. The van der Waals surface area contributed by atoms with E-state index >= 15 is 0 Å². The highest BCUT2D eigenvalue weighted by molar-refractivity contribution is 6.28. The van der Waals surface area contributed by atoms with Gasteiger partial charge in [0.2, 0.25) is 5.28 Å². The van der Waals surface area contributed by atoms with E-state index in [1.165, 1.54) is 6.20 Å². The molecule has 2 heterocycles. The van der Waals surface area contributed by atoms with Crippen molar-refractivity contribution in [3.63, 3.8) is 0 Å². The molecule has 0 aliphatic carbocycles. The normalized spacial score (nSPS) is 17.0. The van der Waals surface area contributed by atoms with Gasteiger partial charge in [-0.15, -0.1) is 0 Å². The summed E-state index contributed by atoms with van der Waals surface area (Å²) in [6, 6.07) is 3.80. The van der Waals surface area contributed by atoms with Crippen molar-refractivity contribution < 1.29 is 0 Å².